The van der Waals surface area contributed by atoms with Gasteiger partial charge in [-0.2, -0.15) is 0 Å². The summed E-state index contributed by atoms with van der Waals surface area (Å²) in [4.78, 5) is 12.9. The van der Waals surface area contributed by atoms with E-state index < -0.39 is 0 Å². The third-order valence-corrected chi connectivity index (χ3v) is 6.22. The fourth-order valence-electron chi connectivity index (χ4n) is 4.31. The number of carbonyl (C=O) groups is 1. The molecule has 1 N–H and O–H groups in total. The van der Waals surface area contributed by atoms with E-state index >= 15 is 0 Å². The van der Waals surface area contributed by atoms with Crippen molar-refractivity contribution in [2.45, 2.75) is 26.7 Å². The van der Waals surface area contributed by atoms with Crippen molar-refractivity contribution in [3.8, 4) is 0 Å². The van der Waals surface area contributed by atoms with Gasteiger partial charge in [-0.3, -0.25) is 4.79 Å². The molecular weight excluding hydrogens is 481 g/mol. The van der Waals surface area contributed by atoms with Gasteiger partial charge in [-0.15, -0.1) is 0 Å². The number of carbonyl (C=O) groups excluding carboxylic acids is 1. The number of dihydropyridines is 1. The first-order valence-corrected chi connectivity index (χ1v) is 11.2. The largest absolute Gasteiger partial charge is 2.00 e. The zero-order valence-corrected chi connectivity index (χ0v) is 20.6. The van der Waals surface area contributed by atoms with Crippen LogP contribution in [0.3, 0.4) is 0 Å². The van der Waals surface area contributed by atoms with Gasteiger partial charge in [0.1, 0.15) is 0 Å². The van der Waals surface area contributed by atoms with Gasteiger partial charge in [-0.05, 0) is 93.7 Å². The second-order valence-electron chi connectivity index (χ2n) is 8.82. The fourth-order valence-corrected chi connectivity index (χ4v) is 4.82. The predicted molar refractivity (Wildman–Crippen MR) is 128 cm³/mol. The van der Waals surface area contributed by atoms with Crippen molar-refractivity contribution in [1.82, 2.24) is 5.32 Å². The number of halogens is 2. The van der Waals surface area contributed by atoms with E-state index in [1.165, 1.54) is 0 Å². The number of nitrogens with one attached hydrogen (secondary N) is 1. The molecule has 4 aliphatic rings. The van der Waals surface area contributed by atoms with Crippen molar-refractivity contribution < 1.29 is 21.9 Å². The first-order valence-electron chi connectivity index (χ1n) is 10.4. The number of ketones is 1. The molecule has 5 rings (SSSR count). The minimum absolute atomic E-state index is 0. The number of hydrogen-bond acceptors (Lipinski definition) is 2. The molecule has 0 spiro atoms. The maximum absolute atomic E-state index is 12.9. The summed E-state index contributed by atoms with van der Waals surface area (Å²) >= 11 is 12.5. The van der Waals surface area contributed by atoms with Gasteiger partial charge in [0.2, 0.25) is 0 Å². The van der Waals surface area contributed by atoms with Crippen molar-refractivity contribution in [2.24, 2.45) is 11.3 Å². The van der Waals surface area contributed by atoms with Crippen molar-refractivity contribution in [3.63, 3.8) is 0 Å². The van der Waals surface area contributed by atoms with Crippen LogP contribution in [0.15, 0.2) is 35.5 Å². The Kier molecular flexibility index (Phi) is 9.00. The summed E-state index contributed by atoms with van der Waals surface area (Å²) in [6.45, 7) is 4.28. The molecule has 1 aromatic rings. The van der Waals surface area contributed by atoms with E-state index in [-0.39, 0.29) is 34.2 Å². The smallest absolute Gasteiger partial charge is 0.358 e. The van der Waals surface area contributed by atoms with Gasteiger partial charge in [0.05, 0.1) is 5.02 Å². The molecule has 164 valence electrons. The molecule has 2 nitrogen and oxygen atoms in total. The van der Waals surface area contributed by atoms with Crippen molar-refractivity contribution in [2.75, 3.05) is 0 Å². The zero-order valence-electron chi connectivity index (χ0n) is 18.0. The normalized spacial score (nSPS) is 24.7. The van der Waals surface area contributed by atoms with Gasteiger partial charge in [0.25, 0.3) is 0 Å². The minimum atomic E-state index is -0.0499. The zero-order chi connectivity index (χ0) is 22.0. The Hall–Kier alpha value is -0.731. The molecule has 0 saturated heterocycles. The van der Waals surface area contributed by atoms with Crippen LogP contribution in [0.25, 0.3) is 5.70 Å². The van der Waals surface area contributed by atoms with Crippen molar-refractivity contribution in [1.29, 1.82) is 0 Å². The monoisotopic (exact) mass is 505 g/mol. The summed E-state index contributed by atoms with van der Waals surface area (Å²) in [6, 6.07) is 5.51. The number of Topliss-reactive ketones (excluding diaryl/α,β-unsaturated/α-hetero) is 1. The molecule has 0 amide bonds. The van der Waals surface area contributed by atoms with Gasteiger partial charge >= 0.3 is 17.1 Å². The number of benzene rings is 1. The topological polar surface area (TPSA) is 29.1 Å². The minimum Gasteiger partial charge on any atom is -0.358 e. The molecule has 1 heterocycles. The van der Waals surface area contributed by atoms with Gasteiger partial charge in [0, 0.05) is 39.9 Å². The Balaban J connectivity index is 0.000000427. The van der Waals surface area contributed by atoms with Crippen molar-refractivity contribution in [3.05, 3.63) is 115 Å². The molecule has 1 aromatic carbocycles. The van der Waals surface area contributed by atoms with E-state index in [9.17, 15) is 4.79 Å². The fraction of sp³-hybridized carbons (Fsp3) is 0.222. The molecule has 1 aliphatic heterocycles. The summed E-state index contributed by atoms with van der Waals surface area (Å²) in [5.41, 5.74) is 3.69. The Bertz CT molecular complexity index is 887. The molecule has 1 unspecified atom stereocenters. The van der Waals surface area contributed by atoms with Crippen LogP contribution in [0.4, 0.5) is 0 Å². The third-order valence-electron chi connectivity index (χ3n) is 5.67. The Labute approximate surface area is 214 Å². The molecule has 2 fully saturated rings. The average Bonchev–Trinajstić information content (AvgIpc) is 3.43. The van der Waals surface area contributed by atoms with Crippen molar-refractivity contribution >= 4 is 34.7 Å². The Morgan fingerprint density at radius 3 is 2.16 bits per heavy atom. The average molecular weight is 506 g/mol. The maximum atomic E-state index is 12.9. The number of hydrogen-bond donors (Lipinski definition) is 1. The van der Waals surface area contributed by atoms with E-state index in [4.69, 9.17) is 23.2 Å². The van der Waals surface area contributed by atoms with Crippen LogP contribution < -0.4 is 5.32 Å². The molecule has 10 radical (unpaired) electrons. The molecule has 0 aromatic heterocycles. The standard InChI is InChI=1S/C22H20Cl2NO.C5H5.Fe/c1-22(2)11-19-21(20(26)12-22)16(13-5-3-4-6-13)10-18(25-19)15-8-7-14(23)9-17(15)24;1-2-4-5-3-1;/h3-10,16,25H,11-12H2,1-2H3;1-5H;/q;;+2. The summed E-state index contributed by atoms with van der Waals surface area (Å²) in [5.74, 6) is 1.31. The number of rotatable bonds is 2. The van der Waals surface area contributed by atoms with Crippen LogP contribution in [0.2, 0.25) is 10.0 Å². The first kappa shape index (κ1) is 25.9. The van der Waals surface area contributed by atoms with Crippen LogP contribution in [0.1, 0.15) is 32.3 Å². The maximum Gasteiger partial charge on any atom is 2.00 e. The number of allylic oxidation sites excluding steroid dienone is 3. The SMILES string of the molecule is CC1(C)CC(=O)C2=C(C1)NC(c1ccc(Cl)cc1Cl)=CC2[C]1[CH][CH][CH][CH]1.[CH]1[CH][CH][CH][CH]1.[Fe+2]. The summed E-state index contributed by atoms with van der Waals surface area (Å²) in [7, 11) is 0. The van der Waals surface area contributed by atoms with Crippen LogP contribution in [0, 0.1) is 75.0 Å². The van der Waals surface area contributed by atoms with Gasteiger partial charge in [0.15, 0.2) is 5.78 Å². The summed E-state index contributed by atoms with van der Waals surface area (Å²) in [5, 5.41) is 4.71. The third kappa shape index (κ3) is 6.03. The molecular formula is C27H25Cl2FeNO+2. The van der Waals surface area contributed by atoms with Crippen LogP contribution in [-0.2, 0) is 21.9 Å². The predicted octanol–water partition coefficient (Wildman–Crippen LogP) is 6.62. The molecule has 3 aliphatic carbocycles. The summed E-state index contributed by atoms with van der Waals surface area (Å²) in [6.07, 6.45) is 21.7. The molecule has 0 bridgehead atoms. The molecule has 2 saturated carbocycles. The van der Waals surface area contributed by atoms with E-state index in [0.29, 0.717) is 16.5 Å². The molecule has 5 heteroatoms. The van der Waals surface area contributed by atoms with Crippen LogP contribution >= 0.6 is 23.2 Å². The second kappa shape index (κ2) is 11.1. The van der Waals surface area contributed by atoms with E-state index in [2.05, 4.69) is 38.1 Å². The summed E-state index contributed by atoms with van der Waals surface area (Å²) < 4.78 is 0. The van der Waals surface area contributed by atoms with Crippen LogP contribution in [-0.4, -0.2) is 5.78 Å². The van der Waals surface area contributed by atoms with Gasteiger partial charge < -0.3 is 5.32 Å². The van der Waals surface area contributed by atoms with E-state index in [1.54, 1.807) is 6.07 Å². The van der Waals surface area contributed by atoms with Gasteiger partial charge in [-0.25, -0.2) is 0 Å². The quantitative estimate of drug-likeness (QED) is 0.457. The van der Waals surface area contributed by atoms with Crippen LogP contribution in [0.5, 0.6) is 0 Å². The van der Waals surface area contributed by atoms with E-state index in [0.717, 1.165) is 34.9 Å². The molecule has 1 atom stereocenters. The second-order valence-corrected chi connectivity index (χ2v) is 9.66. The molecule has 32 heavy (non-hydrogen) atoms. The Morgan fingerprint density at radius 1 is 0.938 bits per heavy atom. The first-order chi connectivity index (χ1) is 14.8. The Morgan fingerprint density at radius 2 is 1.56 bits per heavy atom. The van der Waals surface area contributed by atoms with E-state index in [1.807, 2.05) is 57.1 Å². The van der Waals surface area contributed by atoms with Gasteiger partial charge in [-0.1, -0.05) is 43.1 Å².